The highest BCUT2D eigenvalue weighted by molar-refractivity contribution is 7.99. The van der Waals surface area contributed by atoms with Crippen LogP contribution in [0.15, 0.2) is 72.4 Å². The van der Waals surface area contributed by atoms with Crippen LogP contribution in [0.4, 0.5) is 5.69 Å². The summed E-state index contributed by atoms with van der Waals surface area (Å²) in [5.41, 5.74) is 2.18. The van der Waals surface area contributed by atoms with Crippen LogP contribution >= 0.6 is 11.8 Å². The first-order chi connectivity index (χ1) is 16.2. The molecular formula is C25H29N5O2S. The monoisotopic (exact) mass is 463 g/mol. The van der Waals surface area contributed by atoms with E-state index in [2.05, 4.69) is 33.8 Å². The molecule has 33 heavy (non-hydrogen) atoms. The Morgan fingerprint density at radius 2 is 1.79 bits per heavy atom. The van der Waals surface area contributed by atoms with E-state index in [-0.39, 0.29) is 5.91 Å². The average molecular weight is 464 g/mol. The van der Waals surface area contributed by atoms with Crippen molar-refractivity contribution in [3.05, 3.63) is 67.3 Å². The number of thioether (sulfide) groups is 1. The summed E-state index contributed by atoms with van der Waals surface area (Å²) in [4.78, 5) is 17.0. The van der Waals surface area contributed by atoms with Gasteiger partial charge < -0.3 is 14.5 Å². The molecule has 1 aliphatic rings. The number of piperazine rings is 1. The summed E-state index contributed by atoms with van der Waals surface area (Å²) >= 11 is 1.57. The second-order valence-electron chi connectivity index (χ2n) is 7.74. The van der Waals surface area contributed by atoms with Crippen molar-refractivity contribution in [1.82, 2.24) is 19.7 Å². The molecule has 172 valence electrons. The molecule has 0 saturated carbocycles. The van der Waals surface area contributed by atoms with Gasteiger partial charge in [0.1, 0.15) is 5.75 Å². The van der Waals surface area contributed by atoms with Crippen molar-refractivity contribution in [3.63, 3.8) is 0 Å². The van der Waals surface area contributed by atoms with Crippen molar-refractivity contribution in [2.75, 3.05) is 43.9 Å². The Morgan fingerprint density at radius 3 is 2.45 bits per heavy atom. The predicted octanol–water partition coefficient (Wildman–Crippen LogP) is 3.97. The first-order valence-electron chi connectivity index (χ1n) is 11.1. The summed E-state index contributed by atoms with van der Waals surface area (Å²) in [5.74, 6) is 2.53. The van der Waals surface area contributed by atoms with Gasteiger partial charge in [-0.25, -0.2) is 0 Å². The Labute approximate surface area is 199 Å². The maximum absolute atomic E-state index is 12.8. The van der Waals surface area contributed by atoms with Crippen molar-refractivity contribution in [2.24, 2.45) is 0 Å². The molecule has 3 aromatic rings. The van der Waals surface area contributed by atoms with Crippen LogP contribution in [0.5, 0.6) is 5.75 Å². The molecule has 0 bridgehead atoms. The summed E-state index contributed by atoms with van der Waals surface area (Å²) in [6.07, 6.45) is 2.32. The smallest absolute Gasteiger partial charge is 0.223 e. The molecule has 2 aromatic carbocycles. The summed E-state index contributed by atoms with van der Waals surface area (Å²) in [6.45, 7) is 7.63. The molecule has 1 fully saturated rings. The number of rotatable bonds is 9. The number of hydrogen-bond acceptors (Lipinski definition) is 6. The summed E-state index contributed by atoms with van der Waals surface area (Å²) in [5, 5.41) is 9.55. The number of methoxy groups -OCH3 is 1. The van der Waals surface area contributed by atoms with Gasteiger partial charge in [0.25, 0.3) is 0 Å². The number of carbonyl (C=O) groups excluding carboxylic acids is 1. The molecular weight excluding hydrogens is 434 g/mol. The van der Waals surface area contributed by atoms with Gasteiger partial charge in [-0.1, -0.05) is 48.2 Å². The average Bonchev–Trinajstić information content (AvgIpc) is 3.27. The lowest BCUT2D eigenvalue weighted by Crippen LogP contribution is -2.48. The second-order valence-corrected chi connectivity index (χ2v) is 8.80. The lowest BCUT2D eigenvalue weighted by molar-refractivity contribution is -0.131. The highest BCUT2D eigenvalue weighted by Gasteiger charge is 2.21. The number of benzene rings is 2. The number of aromatic nitrogens is 3. The van der Waals surface area contributed by atoms with Crippen molar-refractivity contribution in [1.29, 1.82) is 0 Å². The van der Waals surface area contributed by atoms with E-state index in [1.165, 1.54) is 0 Å². The predicted molar refractivity (Wildman–Crippen MR) is 133 cm³/mol. The maximum atomic E-state index is 12.8. The Hall–Kier alpha value is -3.26. The molecule has 0 radical (unpaired) electrons. The van der Waals surface area contributed by atoms with Crippen molar-refractivity contribution in [2.45, 2.75) is 18.1 Å². The first kappa shape index (κ1) is 22.9. The van der Waals surface area contributed by atoms with E-state index in [4.69, 9.17) is 4.74 Å². The summed E-state index contributed by atoms with van der Waals surface area (Å²) in [6, 6.07) is 18.1. The maximum Gasteiger partial charge on any atom is 0.223 e. The molecule has 8 heteroatoms. The third kappa shape index (κ3) is 5.57. The SMILES string of the molecule is C=CCn1c(SCCC(=O)N2CCN(c3ccc(OC)cc3)CC2)nnc1-c1ccccc1. The molecule has 0 spiro atoms. The number of nitrogens with zero attached hydrogens (tertiary/aromatic N) is 5. The van der Waals surface area contributed by atoms with Crippen LogP contribution in [-0.4, -0.2) is 64.6 Å². The number of ether oxygens (including phenoxy) is 1. The Kier molecular flexibility index (Phi) is 7.67. The van der Waals surface area contributed by atoms with Gasteiger partial charge in [0.05, 0.1) is 7.11 Å². The van der Waals surface area contributed by atoms with Crippen LogP contribution in [0.25, 0.3) is 11.4 Å². The number of amides is 1. The third-order valence-corrected chi connectivity index (χ3v) is 6.65. The van der Waals surface area contributed by atoms with Gasteiger partial charge in [0.2, 0.25) is 5.91 Å². The van der Waals surface area contributed by atoms with E-state index in [0.717, 1.165) is 54.2 Å². The number of hydrogen-bond donors (Lipinski definition) is 0. The standard InChI is InChI=1S/C25H29N5O2S/c1-3-14-30-24(20-7-5-4-6-8-20)26-27-25(30)33-19-13-23(31)29-17-15-28(16-18-29)21-9-11-22(32-2)12-10-21/h3-12H,1,13-19H2,2H3. The fraction of sp³-hybridized carbons (Fsp3) is 0.320. The van der Waals surface area contributed by atoms with Crippen LogP contribution in [0.1, 0.15) is 6.42 Å². The lowest BCUT2D eigenvalue weighted by Gasteiger charge is -2.36. The van der Waals surface area contributed by atoms with Crippen LogP contribution in [0.3, 0.4) is 0 Å². The van der Waals surface area contributed by atoms with E-state index >= 15 is 0 Å². The van der Waals surface area contributed by atoms with Crippen LogP contribution in [0.2, 0.25) is 0 Å². The molecule has 1 amide bonds. The molecule has 1 aliphatic heterocycles. The minimum Gasteiger partial charge on any atom is -0.497 e. The molecule has 2 heterocycles. The molecule has 0 unspecified atom stereocenters. The summed E-state index contributed by atoms with van der Waals surface area (Å²) in [7, 11) is 1.67. The zero-order valence-corrected chi connectivity index (χ0v) is 19.7. The van der Waals surface area contributed by atoms with Gasteiger partial charge in [0.15, 0.2) is 11.0 Å². The molecule has 1 saturated heterocycles. The van der Waals surface area contributed by atoms with Gasteiger partial charge in [-0.05, 0) is 24.3 Å². The van der Waals surface area contributed by atoms with Gasteiger partial charge in [-0.15, -0.1) is 16.8 Å². The highest BCUT2D eigenvalue weighted by Crippen LogP contribution is 2.25. The third-order valence-electron chi connectivity index (χ3n) is 5.68. The molecule has 0 atom stereocenters. The van der Waals surface area contributed by atoms with E-state index in [0.29, 0.717) is 18.7 Å². The number of allylic oxidation sites excluding steroid dienone is 1. The molecule has 4 rings (SSSR count). The Bertz CT molecular complexity index is 1060. The largest absolute Gasteiger partial charge is 0.497 e. The van der Waals surface area contributed by atoms with Gasteiger partial charge in [-0.3, -0.25) is 9.36 Å². The number of carbonyl (C=O) groups is 1. The fourth-order valence-electron chi connectivity index (χ4n) is 3.88. The van der Waals surface area contributed by atoms with Gasteiger partial charge in [-0.2, -0.15) is 0 Å². The molecule has 1 aromatic heterocycles. The van der Waals surface area contributed by atoms with Crippen LogP contribution < -0.4 is 9.64 Å². The zero-order chi connectivity index (χ0) is 23.0. The topological polar surface area (TPSA) is 63.5 Å². The van der Waals surface area contributed by atoms with Gasteiger partial charge >= 0.3 is 0 Å². The van der Waals surface area contributed by atoms with Crippen LogP contribution in [0, 0.1) is 0 Å². The molecule has 0 N–H and O–H groups in total. The van der Waals surface area contributed by atoms with Crippen LogP contribution in [-0.2, 0) is 11.3 Å². The van der Waals surface area contributed by atoms with E-state index in [1.807, 2.05) is 58.0 Å². The van der Waals surface area contributed by atoms with Crippen molar-refractivity contribution >= 4 is 23.4 Å². The normalized spacial score (nSPS) is 13.7. The fourth-order valence-corrected chi connectivity index (χ4v) is 4.76. The molecule has 7 nitrogen and oxygen atoms in total. The minimum absolute atomic E-state index is 0.190. The summed E-state index contributed by atoms with van der Waals surface area (Å²) < 4.78 is 7.28. The van der Waals surface area contributed by atoms with Gasteiger partial charge in [0, 0.05) is 56.1 Å². The van der Waals surface area contributed by atoms with E-state index < -0.39 is 0 Å². The van der Waals surface area contributed by atoms with E-state index in [1.54, 1.807) is 18.9 Å². The van der Waals surface area contributed by atoms with Crippen molar-refractivity contribution < 1.29 is 9.53 Å². The minimum atomic E-state index is 0.190. The Morgan fingerprint density at radius 1 is 1.06 bits per heavy atom. The Balaban J connectivity index is 1.28. The quantitative estimate of drug-likeness (QED) is 0.353. The first-order valence-corrected chi connectivity index (χ1v) is 12.1. The second kappa shape index (κ2) is 11.0. The van der Waals surface area contributed by atoms with Crippen molar-refractivity contribution in [3.8, 4) is 17.1 Å². The zero-order valence-electron chi connectivity index (χ0n) is 18.9. The molecule has 0 aliphatic carbocycles. The van der Waals surface area contributed by atoms with E-state index in [9.17, 15) is 4.79 Å². The lowest BCUT2D eigenvalue weighted by atomic mass is 10.2. The number of anilines is 1. The highest BCUT2D eigenvalue weighted by atomic mass is 32.2.